The Morgan fingerprint density at radius 1 is 1.12 bits per heavy atom. The number of carbonyl (C=O) groups excluding carboxylic acids is 1. The van der Waals surface area contributed by atoms with E-state index in [2.05, 4.69) is 60.5 Å². The van der Waals surface area contributed by atoms with Crippen LogP contribution in [0, 0.1) is 11.3 Å². The first-order chi connectivity index (χ1) is 16.3. The lowest BCUT2D eigenvalue weighted by Gasteiger charge is -2.21. The third kappa shape index (κ3) is 5.14. The number of aliphatic hydroxyl groups is 2. The molecule has 0 bridgehead atoms. The van der Waals surface area contributed by atoms with Gasteiger partial charge in [0.05, 0.1) is 12.7 Å². The van der Waals surface area contributed by atoms with Gasteiger partial charge < -0.3 is 25.0 Å². The molecule has 0 aliphatic rings. The number of benzene rings is 2. The van der Waals surface area contributed by atoms with E-state index in [1.807, 2.05) is 29.8 Å². The molecule has 0 saturated carbocycles. The number of anilines is 1. The molecule has 2 aromatic carbocycles. The van der Waals surface area contributed by atoms with Crippen LogP contribution in [0.4, 0.5) is 5.69 Å². The zero-order valence-electron chi connectivity index (χ0n) is 20.2. The number of nitrogens with one attached hydrogen (secondary N) is 1. The number of hydrogen-bond acceptors (Lipinski definition) is 5. The Morgan fingerprint density at radius 2 is 1.79 bits per heavy atom. The first-order valence-electron chi connectivity index (χ1n) is 11.5. The van der Waals surface area contributed by atoms with Gasteiger partial charge in [-0.3, -0.25) is 4.79 Å². The molecule has 1 amide bonds. The van der Waals surface area contributed by atoms with Crippen LogP contribution in [0.2, 0.25) is 0 Å². The fraction of sp³-hybridized carbons (Fsp3) is 0.333. The normalized spacial score (nSPS) is 12.7. The van der Waals surface area contributed by atoms with Crippen LogP contribution in [0.5, 0.6) is 0 Å². The monoisotopic (exact) mass is 460 g/mol. The van der Waals surface area contributed by atoms with Gasteiger partial charge in [-0.05, 0) is 73.0 Å². The predicted octanol–water partition coefficient (Wildman–Crippen LogP) is 3.46. The van der Waals surface area contributed by atoms with Crippen LogP contribution in [-0.2, 0) is 11.8 Å². The maximum atomic E-state index is 12.5. The molecule has 1 aromatic heterocycles. The molecule has 3 N–H and O–H groups in total. The quantitative estimate of drug-likeness (QED) is 0.335. The number of aliphatic hydroxyl groups excluding tert-OH is 2. The molecule has 1 unspecified atom stereocenters. The SMILES string of the molecule is CCN(CC)c1ccc2cc(-c3ccc(C(C)=C(C#N)C(=O)NCC(O)CO)n3C)ccc2c1. The molecule has 0 spiro atoms. The van der Waals surface area contributed by atoms with Crippen molar-refractivity contribution in [1.29, 1.82) is 5.26 Å². The highest BCUT2D eigenvalue weighted by Crippen LogP contribution is 2.30. The van der Waals surface area contributed by atoms with Crippen molar-refractivity contribution in [3.63, 3.8) is 0 Å². The summed E-state index contributed by atoms with van der Waals surface area (Å²) in [6.45, 7) is 7.37. The van der Waals surface area contributed by atoms with Crippen LogP contribution >= 0.6 is 0 Å². The first kappa shape index (κ1) is 25.0. The average Bonchev–Trinajstić information content (AvgIpc) is 3.24. The van der Waals surface area contributed by atoms with E-state index in [-0.39, 0.29) is 12.1 Å². The molecule has 34 heavy (non-hydrogen) atoms. The maximum Gasteiger partial charge on any atom is 0.262 e. The lowest BCUT2D eigenvalue weighted by molar-refractivity contribution is -0.117. The molecule has 0 aliphatic heterocycles. The second kappa shape index (κ2) is 11.0. The van der Waals surface area contributed by atoms with Crippen LogP contribution in [-0.4, -0.2) is 53.0 Å². The molecular weight excluding hydrogens is 428 g/mol. The number of allylic oxidation sites excluding steroid dienone is 1. The Labute approximate surface area is 200 Å². The summed E-state index contributed by atoms with van der Waals surface area (Å²) in [5, 5.41) is 32.8. The lowest BCUT2D eigenvalue weighted by Crippen LogP contribution is -2.34. The van der Waals surface area contributed by atoms with Gasteiger partial charge in [-0.25, -0.2) is 0 Å². The Kier molecular flexibility index (Phi) is 8.11. The number of carbonyl (C=O) groups is 1. The summed E-state index contributed by atoms with van der Waals surface area (Å²) >= 11 is 0. The van der Waals surface area contributed by atoms with E-state index in [1.54, 1.807) is 6.92 Å². The molecule has 7 nitrogen and oxygen atoms in total. The second-order valence-electron chi connectivity index (χ2n) is 8.24. The van der Waals surface area contributed by atoms with E-state index < -0.39 is 18.6 Å². The minimum Gasteiger partial charge on any atom is -0.394 e. The van der Waals surface area contributed by atoms with E-state index >= 15 is 0 Å². The first-order valence-corrected chi connectivity index (χ1v) is 11.5. The minimum atomic E-state index is -1.07. The molecule has 7 heteroatoms. The van der Waals surface area contributed by atoms with Gasteiger partial charge in [0.15, 0.2) is 0 Å². The molecule has 0 aliphatic carbocycles. The highest BCUT2D eigenvalue weighted by molar-refractivity contribution is 6.04. The van der Waals surface area contributed by atoms with Crippen molar-refractivity contribution in [3.05, 3.63) is 59.8 Å². The summed E-state index contributed by atoms with van der Waals surface area (Å²) in [7, 11) is 1.91. The third-order valence-corrected chi connectivity index (χ3v) is 6.18. The molecular formula is C27H32N4O3. The second-order valence-corrected chi connectivity index (χ2v) is 8.24. The molecule has 1 atom stereocenters. The molecule has 3 aromatic rings. The molecule has 178 valence electrons. The molecule has 0 fully saturated rings. The zero-order chi connectivity index (χ0) is 24.8. The van der Waals surface area contributed by atoms with Crippen molar-refractivity contribution in [2.75, 3.05) is 31.1 Å². The van der Waals surface area contributed by atoms with E-state index in [1.165, 1.54) is 11.1 Å². The van der Waals surface area contributed by atoms with Crippen molar-refractivity contribution in [3.8, 4) is 17.3 Å². The third-order valence-electron chi connectivity index (χ3n) is 6.18. The van der Waals surface area contributed by atoms with Gasteiger partial charge in [-0.15, -0.1) is 0 Å². The van der Waals surface area contributed by atoms with Crippen LogP contribution in [0.3, 0.4) is 0 Å². The van der Waals surface area contributed by atoms with Crippen molar-refractivity contribution >= 4 is 27.9 Å². The van der Waals surface area contributed by atoms with Gasteiger partial charge in [0.1, 0.15) is 11.6 Å². The van der Waals surface area contributed by atoms with Gasteiger partial charge in [-0.1, -0.05) is 18.2 Å². The summed E-state index contributed by atoms with van der Waals surface area (Å²) < 4.78 is 1.97. The summed E-state index contributed by atoms with van der Waals surface area (Å²) in [5.41, 5.74) is 4.48. The predicted molar refractivity (Wildman–Crippen MR) is 136 cm³/mol. The standard InChI is InChI=1S/C27H32N4O3/c1-5-31(6-2)22-10-9-19-13-21(8-7-20(19)14-22)26-12-11-25(30(26)4)18(3)24(15-28)27(34)29-16-23(33)17-32/h7-14,23,32-33H,5-6,16-17H2,1-4H3,(H,29,34). The van der Waals surface area contributed by atoms with Crippen molar-refractivity contribution in [2.45, 2.75) is 26.9 Å². The van der Waals surface area contributed by atoms with E-state index in [4.69, 9.17) is 5.11 Å². The number of nitrogens with zero attached hydrogens (tertiary/aromatic N) is 3. The highest BCUT2D eigenvalue weighted by atomic mass is 16.3. The minimum absolute atomic E-state index is 0.0275. The summed E-state index contributed by atoms with van der Waals surface area (Å²) in [5.74, 6) is -0.579. The van der Waals surface area contributed by atoms with Crippen molar-refractivity contribution < 1.29 is 15.0 Å². The maximum absolute atomic E-state index is 12.5. The molecule has 0 saturated heterocycles. The number of rotatable bonds is 9. The highest BCUT2D eigenvalue weighted by Gasteiger charge is 2.18. The Hall–Kier alpha value is -3.60. The Bertz CT molecular complexity index is 1250. The summed E-state index contributed by atoms with van der Waals surface area (Å²) in [6, 6.07) is 18.7. The largest absolute Gasteiger partial charge is 0.394 e. The van der Waals surface area contributed by atoms with Crippen LogP contribution in [0.25, 0.3) is 27.6 Å². The van der Waals surface area contributed by atoms with E-state index in [0.717, 1.165) is 35.4 Å². The van der Waals surface area contributed by atoms with Crippen LogP contribution < -0.4 is 10.2 Å². The van der Waals surface area contributed by atoms with Crippen LogP contribution in [0.15, 0.2) is 54.1 Å². The summed E-state index contributed by atoms with van der Waals surface area (Å²) in [4.78, 5) is 14.8. The lowest BCUT2D eigenvalue weighted by atomic mass is 10.0. The number of fused-ring (bicyclic) bond motifs is 1. The van der Waals surface area contributed by atoms with Crippen molar-refractivity contribution in [2.24, 2.45) is 7.05 Å². The van der Waals surface area contributed by atoms with Gasteiger partial charge in [-0.2, -0.15) is 5.26 Å². The number of nitriles is 1. The fourth-order valence-corrected chi connectivity index (χ4v) is 4.15. The van der Waals surface area contributed by atoms with Gasteiger partial charge >= 0.3 is 0 Å². The smallest absolute Gasteiger partial charge is 0.262 e. The van der Waals surface area contributed by atoms with E-state index in [9.17, 15) is 15.2 Å². The van der Waals surface area contributed by atoms with Crippen LogP contribution in [0.1, 0.15) is 26.5 Å². The fourth-order valence-electron chi connectivity index (χ4n) is 4.15. The average molecular weight is 461 g/mol. The number of aromatic nitrogens is 1. The number of amides is 1. The van der Waals surface area contributed by atoms with Crippen molar-refractivity contribution in [1.82, 2.24) is 9.88 Å². The Morgan fingerprint density at radius 3 is 2.44 bits per heavy atom. The molecule has 3 rings (SSSR count). The van der Waals surface area contributed by atoms with Gasteiger partial charge in [0, 0.05) is 43.8 Å². The van der Waals surface area contributed by atoms with E-state index in [0.29, 0.717) is 5.57 Å². The topological polar surface area (TPSA) is 102 Å². The molecule has 0 radical (unpaired) electrons. The molecule has 1 heterocycles. The number of hydrogen-bond donors (Lipinski definition) is 3. The zero-order valence-corrected chi connectivity index (χ0v) is 20.2. The van der Waals surface area contributed by atoms with Gasteiger partial charge in [0.2, 0.25) is 0 Å². The van der Waals surface area contributed by atoms with Gasteiger partial charge in [0.25, 0.3) is 5.91 Å². The Balaban J connectivity index is 1.93. The summed E-state index contributed by atoms with van der Waals surface area (Å²) in [6.07, 6.45) is -1.07.